The number of hydrogen-bond acceptors (Lipinski definition) is 5. The van der Waals surface area contributed by atoms with E-state index in [4.69, 9.17) is 10.5 Å². The molecular formula is C15H28N4O. The first kappa shape index (κ1) is 16.5. The normalized spacial score (nSPS) is 10.5. The predicted molar refractivity (Wildman–Crippen MR) is 84.1 cm³/mol. The van der Waals surface area contributed by atoms with Crippen molar-refractivity contribution in [1.82, 2.24) is 9.97 Å². The van der Waals surface area contributed by atoms with E-state index in [9.17, 15) is 0 Å². The Morgan fingerprint density at radius 1 is 1.05 bits per heavy atom. The molecule has 5 heteroatoms. The first-order valence-electron chi connectivity index (χ1n) is 7.68. The lowest BCUT2D eigenvalue weighted by atomic mass is 10.1. The Morgan fingerprint density at radius 3 is 2.35 bits per heavy atom. The summed E-state index contributed by atoms with van der Waals surface area (Å²) in [6.45, 7) is 3.16. The van der Waals surface area contributed by atoms with Crippen LogP contribution >= 0.6 is 0 Å². The third-order valence-electron chi connectivity index (χ3n) is 3.27. The maximum Gasteiger partial charge on any atom is 0.225 e. The maximum absolute atomic E-state index is 5.60. The van der Waals surface area contributed by atoms with E-state index in [-0.39, 0.29) is 5.95 Å². The zero-order chi connectivity index (χ0) is 14.6. The van der Waals surface area contributed by atoms with Gasteiger partial charge in [-0.25, -0.2) is 0 Å². The molecule has 0 spiro atoms. The summed E-state index contributed by atoms with van der Waals surface area (Å²) in [7, 11) is 1.57. The molecule has 3 N–H and O–H groups in total. The van der Waals surface area contributed by atoms with Crippen LogP contribution in [0.25, 0.3) is 0 Å². The third-order valence-corrected chi connectivity index (χ3v) is 3.27. The van der Waals surface area contributed by atoms with Crippen LogP contribution in [-0.2, 0) is 0 Å². The highest BCUT2D eigenvalue weighted by atomic mass is 16.5. The minimum Gasteiger partial charge on any atom is -0.481 e. The number of anilines is 2. The fourth-order valence-electron chi connectivity index (χ4n) is 2.11. The van der Waals surface area contributed by atoms with Crippen LogP contribution in [0.3, 0.4) is 0 Å². The SMILES string of the molecule is CCCCCCCCCCNc1cc(OC)nc(N)n1. The molecule has 20 heavy (non-hydrogen) atoms. The third kappa shape index (κ3) is 7.16. The zero-order valence-corrected chi connectivity index (χ0v) is 12.8. The molecule has 0 radical (unpaired) electrons. The minimum absolute atomic E-state index is 0.239. The number of nitrogens with two attached hydrogens (primary N) is 1. The Morgan fingerprint density at radius 2 is 1.70 bits per heavy atom. The lowest BCUT2D eigenvalue weighted by Crippen LogP contribution is -2.06. The van der Waals surface area contributed by atoms with Crippen LogP contribution in [0.2, 0.25) is 0 Å². The number of unbranched alkanes of at least 4 members (excludes halogenated alkanes) is 7. The van der Waals surface area contributed by atoms with Crippen molar-refractivity contribution in [3.63, 3.8) is 0 Å². The van der Waals surface area contributed by atoms with E-state index in [1.54, 1.807) is 13.2 Å². The Kier molecular flexibility index (Phi) is 8.51. The smallest absolute Gasteiger partial charge is 0.225 e. The number of nitrogens with zero attached hydrogens (tertiary/aromatic N) is 2. The highest BCUT2D eigenvalue weighted by Crippen LogP contribution is 2.14. The van der Waals surface area contributed by atoms with Gasteiger partial charge in [0, 0.05) is 12.6 Å². The molecule has 114 valence electrons. The summed E-state index contributed by atoms with van der Waals surface area (Å²) in [6.07, 6.45) is 10.5. The summed E-state index contributed by atoms with van der Waals surface area (Å²) in [5.41, 5.74) is 5.60. The molecule has 0 saturated heterocycles. The van der Waals surface area contributed by atoms with Gasteiger partial charge in [0.15, 0.2) is 0 Å². The minimum atomic E-state index is 0.239. The molecule has 0 aliphatic rings. The number of nitrogen functional groups attached to an aromatic ring is 1. The van der Waals surface area contributed by atoms with Crippen LogP contribution in [0, 0.1) is 0 Å². The molecular weight excluding hydrogens is 252 g/mol. The van der Waals surface area contributed by atoms with Crippen molar-refractivity contribution in [3.8, 4) is 5.88 Å². The van der Waals surface area contributed by atoms with E-state index in [2.05, 4.69) is 22.2 Å². The van der Waals surface area contributed by atoms with Gasteiger partial charge in [-0.05, 0) is 6.42 Å². The highest BCUT2D eigenvalue weighted by Gasteiger charge is 2.01. The highest BCUT2D eigenvalue weighted by molar-refractivity contribution is 5.42. The molecule has 5 nitrogen and oxygen atoms in total. The Labute approximate surface area is 122 Å². The van der Waals surface area contributed by atoms with E-state index in [0.717, 1.165) is 18.8 Å². The van der Waals surface area contributed by atoms with E-state index >= 15 is 0 Å². The first-order chi connectivity index (χ1) is 9.76. The molecule has 0 bridgehead atoms. The van der Waals surface area contributed by atoms with E-state index < -0.39 is 0 Å². The molecule has 0 aliphatic heterocycles. The number of ether oxygens (including phenoxy) is 1. The van der Waals surface area contributed by atoms with Gasteiger partial charge in [0.2, 0.25) is 11.8 Å². The van der Waals surface area contributed by atoms with Gasteiger partial charge in [-0.15, -0.1) is 0 Å². The number of rotatable bonds is 11. The summed E-state index contributed by atoms with van der Waals surface area (Å²) < 4.78 is 5.06. The summed E-state index contributed by atoms with van der Waals surface area (Å²) in [6, 6.07) is 1.76. The number of aromatic nitrogens is 2. The molecule has 0 fully saturated rings. The van der Waals surface area contributed by atoms with Gasteiger partial charge in [0.05, 0.1) is 7.11 Å². The van der Waals surface area contributed by atoms with Gasteiger partial charge in [-0.1, -0.05) is 51.9 Å². The van der Waals surface area contributed by atoms with Crippen molar-refractivity contribution in [2.24, 2.45) is 0 Å². The fraction of sp³-hybridized carbons (Fsp3) is 0.733. The van der Waals surface area contributed by atoms with Gasteiger partial charge >= 0.3 is 0 Å². The Balaban J connectivity index is 2.08. The van der Waals surface area contributed by atoms with E-state index in [0.29, 0.717) is 5.88 Å². The van der Waals surface area contributed by atoms with Crippen molar-refractivity contribution >= 4 is 11.8 Å². The van der Waals surface area contributed by atoms with E-state index in [1.807, 2.05) is 0 Å². The van der Waals surface area contributed by atoms with Crippen molar-refractivity contribution in [2.45, 2.75) is 58.3 Å². The van der Waals surface area contributed by atoms with Gasteiger partial charge in [0.1, 0.15) is 5.82 Å². The van der Waals surface area contributed by atoms with Gasteiger partial charge in [0.25, 0.3) is 0 Å². The maximum atomic E-state index is 5.60. The lowest BCUT2D eigenvalue weighted by molar-refractivity contribution is 0.398. The number of nitrogens with one attached hydrogen (secondary N) is 1. The Bertz CT molecular complexity index is 371. The quantitative estimate of drug-likeness (QED) is 0.606. The fourth-order valence-corrected chi connectivity index (χ4v) is 2.11. The average Bonchev–Trinajstić information content (AvgIpc) is 2.45. The standard InChI is InChI=1S/C15H28N4O/c1-3-4-5-6-7-8-9-10-11-17-13-12-14(20-2)19-15(16)18-13/h12H,3-11H2,1-2H3,(H3,16,17,18,19). The molecule has 0 amide bonds. The lowest BCUT2D eigenvalue weighted by Gasteiger charge is -2.07. The van der Waals surface area contributed by atoms with E-state index in [1.165, 1.54) is 44.9 Å². The van der Waals surface area contributed by atoms with Crippen LogP contribution in [0.5, 0.6) is 5.88 Å². The van der Waals surface area contributed by atoms with Crippen LogP contribution in [-0.4, -0.2) is 23.6 Å². The largest absolute Gasteiger partial charge is 0.481 e. The molecule has 0 saturated carbocycles. The average molecular weight is 280 g/mol. The second-order valence-electron chi connectivity index (χ2n) is 5.06. The molecule has 0 unspecified atom stereocenters. The first-order valence-corrected chi connectivity index (χ1v) is 7.68. The van der Waals surface area contributed by atoms with Crippen LogP contribution in [0.15, 0.2) is 6.07 Å². The molecule has 0 aromatic carbocycles. The number of methoxy groups -OCH3 is 1. The van der Waals surface area contributed by atoms with Crippen molar-refractivity contribution < 1.29 is 4.74 Å². The van der Waals surface area contributed by atoms with Crippen LogP contribution < -0.4 is 15.8 Å². The summed E-state index contributed by atoms with van der Waals surface area (Å²) >= 11 is 0. The second kappa shape index (κ2) is 10.3. The summed E-state index contributed by atoms with van der Waals surface area (Å²) in [5.74, 6) is 1.47. The molecule has 1 aromatic heterocycles. The van der Waals surface area contributed by atoms with Gasteiger partial charge in [-0.2, -0.15) is 9.97 Å². The molecule has 1 rings (SSSR count). The Hall–Kier alpha value is -1.52. The topological polar surface area (TPSA) is 73.1 Å². The van der Waals surface area contributed by atoms with Crippen molar-refractivity contribution in [1.29, 1.82) is 0 Å². The molecule has 0 atom stereocenters. The molecule has 0 aliphatic carbocycles. The summed E-state index contributed by atoms with van der Waals surface area (Å²) in [5, 5.41) is 3.26. The summed E-state index contributed by atoms with van der Waals surface area (Å²) in [4.78, 5) is 8.08. The zero-order valence-electron chi connectivity index (χ0n) is 12.8. The van der Waals surface area contributed by atoms with Crippen molar-refractivity contribution in [3.05, 3.63) is 6.07 Å². The molecule has 1 aromatic rings. The monoisotopic (exact) mass is 280 g/mol. The van der Waals surface area contributed by atoms with Crippen molar-refractivity contribution in [2.75, 3.05) is 24.7 Å². The van der Waals surface area contributed by atoms with Crippen LogP contribution in [0.4, 0.5) is 11.8 Å². The second-order valence-corrected chi connectivity index (χ2v) is 5.06. The van der Waals surface area contributed by atoms with Gasteiger partial charge in [-0.3, -0.25) is 0 Å². The predicted octanol–water partition coefficient (Wildman–Crippen LogP) is 3.62. The van der Waals surface area contributed by atoms with Crippen LogP contribution in [0.1, 0.15) is 58.3 Å². The molecule has 1 heterocycles. The van der Waals surface area contributed by atoms with Gasteiger partial charge < -0.3 is 15.8 Å². The number of hydrogen-bond donors (Lipinski definition) is 2.